The van der Waals surface area contributed by atoms with Gasteiger partial charge in [-0.3, -0.25) is 10.1 Å². The van der Waals surface area contributed by atoms with Crippen LogP contribution >= 0.6 is 0 Å². The van der Waals surface area contributed by atoms with Gasteiger partial charge >= 0.3 is 6.18 Å². The van der Waals surface area contributed by atoms with Crippen LogP contribution in [0.25, 0.3) is 0 Å². The molecule has 1 fully saturated rings. The third-order valence-electron chi connectivity index (χ3n) is 3.98. The SMILES string of the molecule is Cc1ccc([C@@H](C)NCC(=O)N2CCC[C@@H](C(F)(F)F)C2)o1. The Hall–Kier alpha value is -1.50. The third-order valence-corrected chi connectivity index (χ3v) is 3.98. The van der Waals surface area contributed by atoms with Crippen molar-refractivity contribution in [3.63, 3.8) is 0 Å². The van der Waals surface area contributed by atoms with Crippen molar-refractivity contribution < 1.29 is 22.4 Å². The largest absolute Gasteiger partial charge is 0.465 e. The number of hydrogen-bond acceptors (Lipinski definition) is 3. The highest BCUT2D eigenvalue weighted by molar-refractivity contribution is 5.78. The van der Waals surface area contributed by atoms with Crippen molar-refractivity contribution in [2.45, 2.75) is 38.9 Å². The molecular formula is C15H21F3N2O2. The predicted molar refractivity (Wildman–Crippen MR) is 75.2 cm³/mol. The van der Waals surface area contributed by atoms with Crippen molar-refractivity contribution in [2.24, 2.45) is 5.92 Å². The van der Waals surface area contributed by atoms with Crippen LogP contribution in [0.1, 0.15) is 37.3 Å². The lowest BCUT2D eigenvalue weighted by molar-refractivity contribution is -0.187. The zero-order chi connectivity index (χ0) is 16.3. The number of likely N-dealkylation sites (tertiary alicyclic amines) is 1. The highest BCUT2D eigenvalue weighted by Crippen LogP contribution is 2.33. The standard InChI is InChI=1S/C15H21F3N2O2/c1-10-5-6-13(22-10)11(2)19-8-14(21)20-7-3-4-12(9-20)15(16,17)18/h5-6,11-12,19H,3-4,7-9H2,1-2H3/t11-,12-/m1/s1. The summed E-state index contributed by atoms with van der Waals surface area (Å²) in [7, 11) is 0. The van der Waals surface area contributed by atoms with Gasteiger partial charge in [0, 0.05) is 13.1 Å². The molecule has 0 unspecified atom stereocenters. The minimum atomic E-state index is -4.23. The Morgan fingerprint density at radius 1 is 1.50 bits per heavy atom. The molecule has 1 aliphatic rings. The van der Waals surface area contributed by atoms with E-state index >= 15 is 0 Å². The Morgan fingerprint density at radius 3 is 2.82 bits per heavy atom. The molecule has 1 N–H and O–H groups in total. The number of nitrogens with zero attached hydrogens (tertiary/aromatic N) is 1. The van der Waals surface area contributed by atoms with E-state index in [1.807, 2.05) is 26.0 Å². The van der Waals surface area contributed by atoms with Gasteiger partial charge in [-0.1, -0.05) is 0 Å². The maximum atomic E-state index is 12.7. The third kappa shape index (κ3) is 4.25. The number of nitrogens with one attached hydrogen (secondary N) is 1. The van der Waals surface area contributed by atoms with Gasteiger partial charge in [0.25, 0.3) is 0 Å². The molecule has 0 radical (unpaired) electrons. The second-order valence-electron chi connectivity index (χ2n) is 5.77. The van der Waals surface area contributed by atoms with Crippen LogP contribution in [0, 0.1) is 12.8 Å². The maximum Gasteiger partial charge on any atom is 0.393 e. The van der Waals surface area contributed by atoms with E-state index in [1.54, 1.807) is 0 Å². The van der Waals surface area contributed by atoms with Crippen LogP contribution in [-0.2, 0) is 4.79 Å². The van der Waals surface area contributed by atoms with Crippen molar-refractivity contribution in [2.75, 3.05) is 19.6 Å². The fraction of sp³-hybridized carbons (Fsp3) is 0.667. The smallest absolute Gasteiger partial charge is 0.393 e. The Balaban J connectivity index is 1.84. The number of carbonyl (C=O) groups excluding carboxylic acids is 1. The van der Waals surface area contributed by atoms with E-state index in [2.05, 4.69) is 5.32 Å². The Morgan fingerprint density at radius 2 is 2.23 bits per heavy atom. The Kier molecular flexibility index (Phi) is 5.16. The molecule has 22 heavy (non-hydrogen) atoms. The van der Waals surface area contributed by atoms with Gasteiger partial charge in [-0.2, -0.15) is 13.2 Å². The fourth-order valence-corrected chi connectivity index (χ4v) is 2.61. The van der Waals surface area contributed by atoms with E-state index < -0.39 is 12.1 Å². The molecule has 2 heterocycles. The van der Waals surface area contributed by atoms with E-state index in [0.29, 0.717) is 18.7 Å². The molecule has 1 saturated heterocycles. The first-order valence-electron chi connectivity index (χ1n) is 7.41. The molecule has 0 bridgehead atoms. The number of piperidine rings is 1. The van der Waals surface area contributed by atoms with Gasteiger partial charge in [-0.25, -0.2) is 0 Å². The first kappa shape index (κ1) is 16.9. The van der Waals surface area contributed by atoms with Gasteiger partial charge in [0.2, 0.25) is 5.91 Å². The molecule has 4 nitrogen and oxygen atoms in total. The molecule has 1 amide bonds. The molecule has 0 saturated carbocycles. The fourth-order valence-electron chi connectivity index (χ4n) is 2.61. The van der Waals surface area contributed by atoms with E-state index in [4.69, 9.17) is 4.42 Å². The molecule has 2 rings (SSSR count). The monoisotopic (exact) mass is 318 g/mol. The predicted octanol–water partition coefficient (Wildman–Crippen LogP) is 3.04. The van der Waals surface area contributed by atoms with Crippen LogP contribution < -0.4 is 5.32 Å². The molecule has 1 aromatic heterocycles. The number of carbonyl (C=O) groups is 1. The van der Waals surface area contributed by atoms with Crippen molar-refractivity contribution in [3.8, 4) is 0 Å². The summed E-state index contributed by atoms with van der Waals surface area (Å²) < 4.78 is 43.7. The Labute approximate surface area is 127 Å². The zero-order valence-electron chi connectivity index (χ0n) is 12.7. The zero-order valence-corrected chi connectivity index (χ0v) is 12.7. The second kappa shape index (κ2) is 6.73. The van der Waals surface area contributed by atoms with Crippen molar-refractivity contribution in [3.05, 3.63) is 23.7 Å². The number of aryl methyl sites for hydroxylation is 1. The molecule has 0 spiro atoms. The summed E-state index contributed by atoms with van der Waals surface area (Å²) in [6.45, 7) is 3.83. The number of alkyl halides is 3. The summed E-state index contributed by atoms with van der Waals surface area (Å²) in [4.78, 5) is 13.4. The van der Waals surface area contributed by atoms with E-state index in [1.165, 1.54) is 4.90 Å². The summed E-state index contributed by atoms with van der Waals surface area (Å²) >= 11 is 0. The molecular weight excluding hydrogens is 297 g/mol. The number of hydrogen-bond donors (Lipinski definition) is 1. The van der Waals surface area contributed by atoms with Crippen LogP contribution in [-0.4, -0.2) is 36.6 Å². The minimum Gasteiger partial charge on any atom is -0.465 e. The van der Waals surface area contributed by atoms with Gasteiger partial charge in [-0.05, 0) is 38.8 Å². The molecule has 124 valence electrons. The maximum absolute atomic E-state index is 12.7. The van der Waals surface area contributed by atoms with Gasteiger partial charge in [-0.15, -0.1) is 0 Å². The molecule has 7 heteroatoms. The van der Waals surface area contributed by atoms with Gasteiger partial charge in [0.1, 0.15) is 11.5 Å². The average molecular weight is 318 g/mol. The Bertz CT molecular complexity index is 513. The highest BCUT2D eigenvalue weighted by atomic mass is 19.4. The lowest BCUT2D eigenvalue weighted by atomic mass is 9.97. The van der Waals surface area contributed by atoms with E-state index in [9.17, 15) is 18.0 Å². The number of amides is 1. The highest BCUT2D eigenvalue weighted by Gasteiger charge is 2.42. The van der Waals surface area contributed by atoms with Crippen molar-refractivity contribution >= 4 is 5.91 Å². The van der Waals surface area contributed by atoms with Crippen LogP contribution in [0.15, 0.2) is 16.5 Å². The topological polar surface area (TPSA) is 45.5 Å². The molecule has 2 atom stereocenters. The summed E-state index contributed by atoms with van der Waals surface area (Å²) in [6.07, 6.45) is -3.74. The lowest BCUT2D eigenvalue weighted by Gasteiger charge is -2.34. The van der Waals surface area contributed by atoms with Crippen LogP contribution in [0.3, 0.4) is 0 Å². The summed E-state index contributed by atoms with van der Waals surface area (Å²) in [6, 6.07) is 3.48. The molecule has 1 aromatic rings. The second-order valence-corrected chi connectivity index (χ2v) is 5.77. The number of furan rings is 1. The lowest BCUT2D eigenvalue weighted by Crippen LogP contribution is -2.47. The molecule has 1 aliphatic heterocycles. The van der Waals surface area contributed by atoms with Crippen molar-refractivity contribution in [1.82, 2.24) is 10.2 Å². The normalized spacial score (nSPS) is 21.0. The van der Waals surface area contributed by atoms with Gasteiger partial charge < -0.3 is 9.32 Å². The number of halogens is 3. The molecule has 0 aliphatic carbocycles. The van der Waals surface area contributed by atoms with Crippen LogP contribution in [0.2, 0.25) is 0 Å². The van der Waals surface area contributed by atoms with Crippen LogP contribution in [0.5, 0.6) is 0 Å². The van der Waals surface area contributed by atoms with E-state index in [0.717, 1.165) is 5.76 Å². The van der Waals surface area contributed by atoms with Gasteiger partial charge in [0.05, 0.1) is 18.5 Å². The van der Waals surface area contributed by atoms with Gasteiger partial charge in [0.15, 0.2) is 0 Å². The summed E-state index contributed by atoms with van der Waals surface area (Å²) in [5, 5.41) is 3.00. The van der Waals surface area contributed by atoms with E-state index in [-0.39, 0.29) is 31.5 Å². The first-order valence-corrected chi connectivity index (χ1v) is 7.41. The first-order chi connectivity index (χ1) is 10.3. The van der Waals surface area contributed by atoms with Crippen molar-refractivity contribution in [1.29, 1.82) is 0 Å². The summed E-state index contributed by atoms with van der Waals surface area (Å²) in [5.74, 6) is -0.226. The van der Waals surface area contributed by atoms with Crippen LogP contribution in [0.4, 0.5) is 13.2 Å². The number of rotatable bonds is 4. The minimum absolute atomic E-state index is 0.00545. The molecule has 0 aromatic carbocycles. The average Bonchev–Trinajstić information content (AvgIpc) is 2.90. The summed E-state index contributed by atoms with van der Waals surface area (Å²) in [5.41, 5.74) is 0. The quantitative estimate of drug-likeness (QED) is 0.928.